The number of rotatable bonds is 3. The summed E-state index contributed by atoms with van der Waals surface area (Å²) in [5.41, 5.74) is 0.457. The highest BCUT2D eigenvalue weighted by atomic mass is 19.1. The van der Waals surface area contributed by atoms with Crippen molar-refractivity contribution in [3.05, 3.63) is 64.5 Å². The Labute approximate surface area is 146 Å². The number of cyclic esters (lactones) is 1. The van der Waals surface area contributed by atoms with E-state index < -0.39 is 29.7 Å². The third-order valence-corrected chi connectivity index (χ3v) is 4.08. The Bertz CT molecular complexity index is 1030. The quantitative estimate of drug-likeness (QED) is 0.722. The Hall–Kier alpha value is -3.29. The van der Waals surface area contributed by atoms with Gasteiger partial charge >= 0.3 is 12.0 Å². The topological polar surface area (TPSA) is 85.5 Å². The third kappa shape index (κ3) is 2.69. The average Bonchev–Trinajstić information content (AvgIpc) is 3.14. The second-order valence-corrected chi connectivity index (χ2v) is 5.88. The molecule has 0 radical (unpaired) electrons. The van der Waals surface area contributed by atoms with Crippen LogP contribution in [0.1, 0.15) is 33.5 Å². The molecule has 0 saturated carbocycles. The number of esters is 1. The molecule has 6 nitrogen and oxygen atoms in total. The highest BCUT2D eigenvalue weighted by Crippen LogP contribution is 2.38. The highest BCUT2D eigenvalue weighted by Gasteiger charge is 2.38. The molecule has 1 aliphatic heterocycles. The van der Waals surface area contributed by atoms with Gasteiger partial charge < -0.3 is 14.3 Å². The van der Waals surface area contributed by atoms with Crippen molar-refractivity contribution in [1.29, 1.82) is 0 Å². The minimum atomic E-state index is -0.929. The van der Waals surface area contributed by atoms with E-state index in [0.717, 1.165) is 12.1 Å². The number of carbonyl (C=O) groups excluding carboxylic acids is 1. The molecule has 0 amide bonds. The van der Waals surface area contributed by atoms with Crippen LogP contribution < -0.4 is 0 Å². The minimum absolute atomic E-state index is 0.0576. The first-order chi connectivity index (χ1) is 12.4. The summed E-state index contributed by atoms with van der Waals surface area (Å²) >= 11 is 0. The Kier molecular flexibility index (Phi) is 3.68. The van der Waals surface area contributed by atoms with Crippen molar-refractivity contribution in [3.63, 3.8) is 0 Å². The number of aromatic hydroxyl groups is 1. The van der Waals surface area contributed by atoms with Crippen molar-refractivity contribution >= 4 is 5.97 Å². The van der Waals surface area contributed by atoms with Crippen molar-refractivity contribution in [1.82, 2.24) is 9.97 Å². The number of carbonyl (C=O) groups is 1. The standard InChI is InChI=1S/C18H12F2N2O4/c1-8-2-5-12(25-8)15-14-16(22-18(24)21-15)13(26-17(14)23)6-9-3-4-10(19)7-11(9)20/h2-5,7,13H,6H2,1H3,(H,21,22,24). The summed E-state index contributed by atoms with van der Waals surface area (Å²) in [6, 6.07) is 5.88. The lowest BCUT2D eigenvalue weighted by atomic mass is 10.0. The van der Waals surface area contributed by atoms with E-state index in [9.17, 15) is 18.7 Å². The lowest BCUT2D eigenvalue weighted by Gasteiger charge is -2.11. The first kappa shape index (κ1) is 16.2. The number of hydrogen-bond acceptors (Lipinski definition) is 6. The van der Waals surface area contributed by atoms with Gasteiger partial charge in [-0.2, -0.15) is 9.97 Å². The van der Waals surface area contributed by atoms with Crippen LogP contribution in [0.15, 0.2) is 34.7 Å². The van der Waals surface area contributed by atoms with Gasteiger partial charge in [0, 0.05) is 12.5 Å². The van der Waals surface area contributed by atoms with Crippen molar-refractivity contribution in [2.45, 2.75) is 19.4 Å². The van der Waals surface area contributed by atoms with Crippen LogP contribution in [-0.4, -0.2) is 21.0 Å². The number of furan rings is 1. The van der Waals surface area contributed by atoms with Gasteiger partial charge in [0.25, 0.3) is 0 Å². The minimum Gasteiger partial charge on any atom is -0.479 e. The van der Waals surface area contributed by atoms with Gasteiger partial charge in [0.15, 0.2) is 5.76 Å². The summed E-state index contributed by atoms with van der Waals surface area (Å²) in [5.74, 6) is -1.28. The number of ether oxygens (including phenoxy) is 1. The van der Waals surface area contributed by atoms with Gasteiger partial charge in [0.1, 0.15) is 40.4 Å². The van der Waals surface area contributed by atoms with Crippen molar-refractivity contribution in [2.75, 3.05) is 0 Å². The Morgan fingerprint density at radius 1 is 1.19 bits per heavy atom. The van der Waals surface area contributed by atoms with E-state index in [4.69, 9.17) is 9.15 Å². The number of aromatic nitrogens is 2. The smallest absolute Gasteiger partial charge is 0.343 e. The zero-order valence-electron chi connectivity index (χ0n) is 13.5. The normalized spacial score (nSPS) is 15.8. The largest absolute Gasteiger partial charge is 0.479 e. The van der Waals surface area contributed by atoms with E-state index in [0.29, 0.717) is 5.76 Å². The molecule has 0 fully saturated rings. The monoisotopic (exact) mass is 358 g/mol. The second-order valence-electron chi connectivity index (χ2n) is 5.88. The number of nitrogens with zero attached hydrogens (tertiary/aromatic N) is 2. The SMILES string of the molecule is Cc1ccc(-c2nc(O)nc3c2C(=O)OC3Cc2ccc(F)cc2F)o1. The summed E-state index contributed by atoms with van der Waals surface area (Å²) in [6.07, 6.45) is -0.987. The van der Waals surface area contributed by atoms with Gasteiger partial charge in [-0.3, -0.25) is 0 Å². The maximum absolute atomic E-state index is 13.9. The summed E-state index contributed by atoms with van der Waals surface area (Å²) in [7, 11) is 0. The van der Waals surface area contributed by atoms with E-state index >= 15 is 0 Å². The molecule has 3 heterocycles. The summed E-state index contributed by atoms with van der Waals surface area (Å²) in [4.78, 5) is 20.1. The Balaban J connectivity index is 1.78. The average molecular weight is 358 g/mol. The molecule has 132 valence electrons. The zero-order valence-corrected chi connectivity index (χ0v) is 13.5. The van der Waals surface area contributed by atoms with Gasteiger partial charge in [-0.25, -0.2) is 13.6 Å². The lowest BCUT2D eigenvalue weighted by molar-refractivity contribution is 0.0380. The molecular formula is C18H12F2N2O4. The Morgan fingerprint density at radius 3 is 2.69 bits per heavy atom. The van der Waals surface area contributed by atoms with E-state index in [1.807, 2.05) is 0 Å². The fourth-order valence-electron chi connectivity index (χ4n) is 2.91. The molecule has 4 rings (SSSR count). The predicted octanol–water partition coefficient (Wildman–Crippen LogP) is 3.48. The van der Waals surface area contributed by atoms with Gasteiger partial charge in [-0.15, -0.1) is 0 Å². The predicted molar refractivity (Wildman–Crippen MR) is 84.4 cm³/mol. The first-order valence-electron chi connectivity index (χ1n) is 7.75. The number of hydrogen-bond donors (Lipinski definition) is 1. The maximum Gasteiger partial charge on any atom is 0.343 e. The highest BCUT2D eigenvalue weighted by molar-refractivity contribution is 5.99. The molecule has 1 unspecified atom stereocenters. The summed E-state index contributed by atoms with van der Waals surface area (Å²) in [6.45, 7) is 1.73. The van der Waals surface area contributed by atoms with Crippen LogP contribution in [0.3, 0.4) is 0 Å². The fourth-order valence-corrected chi connectivity index (χ4v) is 2.91. The van der Waals surface area contributed by atoms with Crippen molar-refractivity contribution in [3.8, 4) is 17.5 Å². The molecule has 1 atom stereocenters. The van der Waals surface area contributed by atoms with Crippen LogP contribution in [0.5, 0.6) is 6.01 Å². The molecule has 0 spiro atoms. The molecule has 8 heteroatoms. The number of halogens is 2. The van der Waals surface area contributed by atoms with Crippen LogP contribution in [0.4, 0.5) is 8.78 Å². The van der Waals surface area contributed by atoms with Crippen molar-refractivity contribution < 1.29 is 27.8 Å². The molecule has 26 heavy (non-hydrogen) atoms. The zero-order chi connectivity index (χ0) is 18.4. The Morgan fingerprint density at radius 2 is 2.00 bits per heavy atom. The summed E-state index contributed by atoms with van der Waals surface area (Å²) in [5, 5.41) is 9.85. The van der Waals surface area contributed by atoms with Crippen LogP contribution in [0.2, 0.25) is 0 Å². The molecule has 0 bridgehead atoms. The molecule has 1 N–H and O–H groups in total. The molecule has 0 aliphatic carbocycles. The molecule has 0 saturated heterocycles. The van der Waals surface area contributed by atoms with Crippen LogP contribution in [0.25, 0.3) is 11.5 Å². The van der Waals surface area contributed by atoms with E-state index in [1.165, 1.54) is 6.07 Å². The maximum atomic E-state index is 13.9. The second kappa shape index (κ2) is 5.91. The molecule has 3 aromatic rings. The number of fused-ring (bicyclic) bond motifs is 1. The van der Waals surface area contributed by atoms with E-state index in [2.05, 4.69) is 9.97 Å². The molecule has 2 aromatic heterocycles. The fraction of sp³-hybridized carbons (Fsp3) is 0.167. The molecule has 1 aromatic carbocycles. The third-order valence-electron chi connectivity index (χ3n) is 4.08. The van der Waals surface area contributed by atoms with Gasteiger partial charge in [-0.1, -0.05) is 6.07 Å². The van der Waals surface area contributed by atoms with Crippen LogP contribution in [-0.2, 0) is 11.2 Å². The number of benzene rings is 1. The number of aryl methyl sites for hydroxylation is 1. The van der Waals surface area contributed by atoms with Crippen molar-refractivity contribution in [2.24, 2.45) is 0 Å². The van der Waals surface area contributed by atoms with Crippen LogP contribution in [0, 0.1) is 18.6 Å². The molecular weight excluding hydrogens is 346 g/mol. The lowest BCUT2D eigenvalue weighted by Crippen LogP contribution is -2.06. The first-order valence-corrected chi connectivity index (χ1v) is 7.75. The van der Waals surface area contributed by atoms with E-state index in [-0.39, 0.29) is 34.7 Å². The molecule has 1 aliphatic rings. The van der Waals surface area contributed by atoms with Gasteiger partial charge in [-0.05, 0) is 30.7 Å². The van der Waals surface area contributed by atoms with Gasteiger partial charge in [0.05, 0.1) is 0 Å². The van der Waals surface area contributed by atoms with Crippen LogP contribution >= 0.6 is 0 Å². The summed E-state index contributed by atoms with van der Waals surface area (Å²) < 4.78 is 37.8. The van der Waals surface area contributed by atoms with E-state index in [1.54, 1.807) is 19.1 Å². The van der Waals surface area contributed by atoms with Gasteiger partial charge in [0.2, 0.25) is 0 Å².